The lowest BCUT2D eigenvalue weighted by molar-refractivity contribution is -0.125. The highest BCUT2D eigenvalue weighted by Gasteiger charge is 2.33. The van der Waals surface area contributed by atoms with E-state index < -0.39 is 12.1 Å². The Labute approximate surface area is 114 Å². The normalized spacial score (nSPS) is 18.5. The van der Waals surface area contributed by atoms with E-state index in [0.29, 0.717) is 26.1 Å². The lowest BCUT2D eigenvalue weighted by atomic mass is 9.86. The summed E-state index contributed by atoms with van der Waals surface area (Å²) in [7, 11) is 1.55. The van der Waals surface area contributed by atoms with Gasteiger partial charge in [-0.3, -0.25) is 4.79 Å². The molecule has 0 aliphatic carbocycles. The number of amides is 2. The molecule has 0 spiro atoms. The van der Waals surface area contributed by atoms with Crippen molar-refractivity contribution < 1.29 is 19.1 Å². The molecule has 1 unspecified atom stereocenters. The summed E-state index contributed by atoms with van der Waals surface area (Å²) in [5.41, 5.74) is -0.380. The minimum absolute atomic E-state index is 0.126. The zero-order chi connectivity index (χ0) is 14.5. The van der Waals surface area contributed by atoms with E-state index in [0.717, 1.165) is 0 Å². The topological polar surface area (TPSA) is 76.7 Å². The van der Waals surface area contributed by atoms with Crippen LogP contribution in [0.2, 0.25) is 0 Å². The first kappa shape index (κ1) is 15.8. The lowest BCUT2D eigenvalue weighted by Gasteiger charge is -2.30. The Morgan fingerprint density at radius 2 is 1.84 bits per heavy atom. The second kappa shape index (κ2) is 6.75. The van der Waals surface area contributed by atoms with Gasteiger partial charge >= 0.3 is 6.09 Å². The van der Waals surface area contributed by atoms with E-state index in [1.807, 2.05) is 20.8 Å². The van der Waals surface area contributed by atoms with Crippen LogP contribution in [0.15, 0.2) is 0 Å². The smallest absolute Gasteiger partial charge is 0.408 e. The number of alkyl carbamates (subject to hydrolysis) is 1. The van der Waals surface area contributed by atoms with Gasteiger partial charge in [-0.05, 0) is 5.41 Å². The Balaban J connectivity index is 2.53. The highest BCUT2D eigenvalue weighted by Crippen LogP contribution is 2.20. The number of likely N-dealkylation sites (N-methyl/N-ethyl adjacent to an activating group) is 1. The second-order valence-electron chi connectivity index (χ2n) is 5.77. The van der Waals surface area contributed by atoms with E-state index in [1.54, 1.807) is 7.05 Å². The zero-order valence-electron chi connectivity index (χ0n) is 12.1. The van der Waals surface area contributed by atoms with Crippen molar-refractivity contribution in [3.8, 4) is 0 Å². The maximum absolute atomic E-state index is 11.8. The fourth-order valence-electron chi connectivity index (χ4n) is 1.92. The van der Waals surface area contributed by atoms with E-state index in [1.165, 1.54) is 0 Å². The first-order chi connectivity index (χ1) is 8.84. The number of ether oxygens (including phenoxy) is 2. The highest BCUT2D eigenvalue weighted by atomic mass is 16.6. The summed E-state index contributed by atoms with van der Waals surface area (Å²) in [4.78, 5) is 23.6. The second-order valence-corrected chi connectivity index (χ2v) is 5.77. The zero-order valence-corrected chi connectivity index (χ0v) is 12.1. The van der Waals surface area contributed by atoms with Gasteiger partial charge in [0.2, 0.25) is 5.91 Å². The van der Waals surface area contributed by atoms with E-state index in [-0.39, 0.29) is 17.4 Å². The van der Waals surface area contributed by atoms with Gasteiger partial charge in [0.1, 0.15) is 12.1 Å². The average Bonchev–Trinajstić information content (AvgIpc) is 2.35. The Kier molecular flexibility index (Phi) is 5.60. The quantitative estimate of drug-likeness (QED) is 0.805. The number of carbonyl (C=O) groups excluding carboxylic acids is 2. The van der Waals surface area contributed by atoms with Crippen LogP contribution in [-0.2, 0) is 14.3 Å². The maximum Gasteiger partial charge on any atom is 0.408 e. The van der Waals surface area contributed by atoms with Gasteiger partial charge in [-0.1, -0.05) is 20.8 Å². The molecule has 1 rings (SSSR count). The van der Waals surface area contributed by atoms with Crippen molar-refractivity contribution in [1.82, 2.24) is 10.6 Å². The molecule has 0 radical (unpaired) electrons. The summed E-state index contributed by atoms with van der Waals surface area (Å²) in [5.74, 6) is -0.226. The third kappa shape index (κ3) is 5.06. The van der Waals surface area contributed by atoms with Crippen molar-refractivity contribution in [1.29, 1.82) is 0 Å². The van der Waals surface area contributed by atoms with Crippen molar-refractivity contribution in [2.45, 2.75) is 45.8 Å². The predicted molar refractivity (Wildman–Crippen MR) is 70.8 cm³/mol. The summed E-state index contributed by atoms with van der Waals surface area (Å²) in [6.07, 6.45) is 0.732. The van der Waals surface area contributed by atoms with Crippen LogP contribution in [0.1, 0.15) is 33.6 Å². The predicted octanol–water partition coefficient (Wildman–Crippen LogP) is 1.05. The van der Waals surface area contributed by atoms with Crippen LogP contribution in [-0.4, -0.2) is 44.4 Å². The molecule has 0 bridgehead atoms. The maximum atomic E-state index is 11.8. The Bertz CT molecular complexity index is 319. The summed E-state index contributed by atoms with van der Waals surface area (Å²) in [6.45, 7) is 6.89. The molecule has 1 aliphatic heterocycles. The van der Waals surface area contributed by atoms with Crippen LogP contribution in [0.3, 0.4) is 0 Å². The molecule has 2 amide bonds. The standard InChI is InChI=1S/C13H24N2O4/c1-13(2,3)10(11(16)14-4)15-12(17)19-9-5-7-18-8-6-9/h9-10H,5-8H2,1-4H3,(H,14,16)(H,15,17). The van der Waals surface area contributed by atoms with Crippen LogP contribution >= 0.6 is 0 Å². The Morgan fingerprint density at radius 1 is 1.26 bits per heavy atom. The molecule has 110 valence electrons. The van der Waals surface area contributed by atoms with Crippen molar-refractivity contribution >= 4 is 12.0 Å². The third-order valence-electron chi connectivity index (χ3n) is 3.08. The number of carbonyl (C=O) groups is 2. The first-order valence-electron chi connectivity index (χ1n) is 6.61. The lowest BCUT2D eigenvalue weighted by Crippen LogP contribution is -2.53. The van der Waals surface area contributed by atoms with E-state index in [2.05, 4.69) is 10.6 Å². The fourth-order valence-corrected chi connectivity index (χ4v) is 1.92. The molecule has 6 heteroatoms. The third-order valence-corrected chi connectivity index (χ3v) is 3.08. The van der Waals surface area contributed by atoms with Crippen LogP contribution in [0.4, 0.5) is 4.79 Å². The molecule has 0 aromatic carbocycles. The average molecular weight is 272 g/mol. The highest BCUT2D eigenvalue weighted by molar-refractivity contribution is 5.86. The number of hydrogen-bond acceptors (Lipinski definition) is 4. The van der Waals surface area contributed by atoms with Crippen LogP contribution in [0.5, 0.6) is 0 Å². The Hall–Kier alpha value is -1.30. The Morgan fingerprint density at radius 3 is 2.32 bits per heavy atom. The SMILES string of the molecule is CNC(=O)C(NC(=O)OC1CCOCC1)C(C)(C)C. The largest absolute Gasteiger partial charge is 0.446 e. The molecular weight excluding hydrogens is 248 g/mol. The van der Waals surface area contributed by atoms with Crippen LogP contribution < -0.4 is 10.6 Å². The molecule has 1 saturated heterocycles. The molecule has 2 N–H and O–H groups in total. The van der Waals surface area contributed by atoms with Gasteiger partial charge in [0.25, 0.3) is 0 Å². The van der Waals surface area contributed by atoms with Gasteiger partial charge in [-0.2, -0.15) is 0 Å². The molecule has 1 fully saturated rings. The van der Waals surface area contributed by atoms with Crippen LogP contribution in [0, 0.1) is 5.41 Å². The fraction of sp³-hybridized carbons (Fsp3) is 0.846. The summed E-state index contributed by atoms with van der Waals surface area (Å²) in [6, 6.07) is -0.621. The van der Waals surface area contributed by atoms with Gasteiger partial charge < -0.3 is 20.1 Å². The molecule has 0 saturated carbocycles. The van der Waals surface area contributed by atoms with Crippen LogP contribution in [0.25, 0.3) is 0 Å². The summed E-state index contributed by atoms with van der Waals surface area (Å²) < 4.78 is 10.5. The molecule has 1 atom stereocenters. The van der Waals surface area contributed by atoms with Gasteiger partial charge in [-0.25, -0.2) is 4.79 Å². The van der Waals surface area contributed by atoms with Crippen molar-refractivity contribution in [2.24, 2.45) is 5.41 Å². The minimum Gasteiger partial charge on any atom is -0.446 e. The van der Waals surface area contributed by atoms with Gasteiger partial charge in [0.15, 0.2) is 0 Å². The molecule has 1 heterocycles. The van der Waals surface area contributed by atoms with Crippen molar-refractivity contribution in [3.05, 3.63) is 0 Å². The first-order valence-corrected chi connectivity index (χ1v) is 6.61. The van der Waals surface area contributed by atoms with E-state index in [9.17, 15) is 9.59 Å². The van der Waals surface area contributed by atoms with E-state index in [4.69, 9.17) is 9.47 Å². The summed E-state index contributed by atoms with van der Waals surface area (Å²) in [5, 5.41) is 5.19. The van der Waals surface area contributed by atoms with Gasteiger partial charge in [0.05, 0.1) is 13.2 Å². The van der Waals surface area contributed by atoms with Crippen molar-refractivity contribution in [2.75, 3.05) is 20.3 Å². The number of hydrogen-bond donors (Lipinski definition) is 2. The summed E-state index contributed by atoms with van der Waals surface area (Å²) >= 11 is 0. The number of nitrogens with one attached hydrogen (secondary N) is 2. The minimum atomic E-state index is -0.621. The van der Waals surface area contributed by atoms with E-state index >= 15 is 0 Å². The van der Waals surface area contributed by atoms with Crippen molar-refractivity contribution in [3.63, 3.8) is 0 Å². The molecule has 0 aromatic rings. The molecule has 1 aliphatic rings. The molecule has 0 aromatic heterocycles. The molecular formula is C13H24N2O4. The molecule has 19 heavy (non-hydrogen) atoms. The van der Waals surface area contributed by atoms with Gasteiger partial charge in [-0.15, -0.1) is 0 Å². The van der Waals surface area contributed by atoms with Gasteiger partial charge in [0, 0.05) is 19.9 Å². The monoisotopic (exact) mass is 272 g/mol. The molecule has 6 nitrogen and oxygen atoms in total. The number of rotatable bonds is 3.